The molecule has 0 radical (unpaired) electrons. The largest absolute Gasteiger partial charge is 0.507 e. The number of unbranched alkanes of at least 4 members (excludes halogenated alkanes) is 2. The lowest BCUT2D eigenvalue weighted by atomic mass is 9.95. The van der Waals surface area contributed by atoms with Crippen molar-refractivity contribution in [1.29, 1.82) is 0 Å². The average molecular weight is 589 g/mol. The van der Waals surface area contributed by atoms with Crippen molar-refractivity contribution < 1.29 is 28.6 Å². The van der Waals surface area contributed by atoms with Crippen molar-refractivity contribution in [3.8, 4) is 11.5 Å². The molecule has 1 aliphatic rings. The molecule has 9 heteroatoms. The summed E-state index contributed by atoms with van der Waals surface area (Å²) < 4.78 is 26.5. The molecule has 1 aromatic heterocycles. The van der Waals surface area contributed by atoms with Crippen molar-refractivity contribution in [2.75, 3.05) is 18.1 Å². The van der Waals surface area contributed by atoms with Gasteiger partial charge in [-0.1, -0.05) is 43.2 Å². The van der Waals surface area contributed by atoms with E-state index < -0.39 is 29.3 Å². The number of benzene rings is 3. The number of anilines is 1. The van der Waals surface area contributed by atoms with E-state index in [0.29, 0.717) is 35.4 Å². The molecule has 0 aliphatic carbocycles. The van der Waals surface area contributed by atoms with Crippen LogP contribution in [0.25, 0.3) is 16.0 Å². The zero-order valence-corrected chi connectivity index (χ0v) is 24.9. The minimum Gasteiger partial charge on any atom is -0.507 e. The molecule has 0 bridgehead atoms. The summed E-state index contributed by atoms with van der Waals surface area (Å²) in [4.78, 5) is 33.4. The Morgan fingerprint density at radius 3 is 2.48 bits per heavy atom. The van der Waals surface area contributed by atoms with E-state index in [-0.39, 0.29) is 11.1 Å². The Balaban J connectivity index is 1.68. The quantitative estimate of drug-likeness (QED) is 0.0886. The van der Waals surface area contributed by atoms with Crippen molar-refractivity contribution >= 4 is 44.1 Å². The lowest BCUT2D eigenvalue weighted by Gasteiger charge is -2.24. The van der Waals surface area contributed by atoms with Crippen LogP contribution in [0.1, 0.15) is 61.4 Å². The van der Waals surface area contributed by atoms with Crippen LogP contribution in [0.4, 0.5) is 9.52 Å². The van der Waals surface area contributed by atoms with Crippen molar-refractivity contribution in [1.82, 2.24) is 4.98 Å². The van der Waals surface area contributed by atoms with Crippen LogP contribution >= 0.6 is 11.3 Å². The number of halogens is 1. The standard InChI is InChI=1S/C33H33FN2O5S/c1-5-7-8-15-41-24-14-11-22(18-25(24)40-6-2)29-27(30(37)21-9-12-23(34)13-10-21)31(38)32(39)36(29)33-35-28-20(4)16-19(3)17-26(28)42-33/h9-14,16-18,29,37H,5-8,15H2,1-4H3. The molecule has 4 aromatic rings. The summed E-state index contributed by atoms with van der Waals surface area (Å²) in [6.45, 7) is 8.83. The Hall–Kier alpha value is -4.24. The Bertz CT molecular complexity index is 1680. The molecule has 2 heterocycles. The number of ether oxygens (including phenoxy) is 2. The molecule has 1 amide bonds. The third kappa shape index (κ3) is 5.61. The average Bonchev–Trinajstić information content (AvgIpc) is 3.50. The molecule has 5 rings (SSSR count). The third-order valence-corrected chi connectivity index (χ3v) is 8.18. The van der Waals surface area contributed by atoms with Gasteiger partial charge in [-0.15, -0.1) is 0 Å². The highest BCUT2D eigenvalue weighted by Crippen LogP contribution is 2.46. The number of hydrogen-bond acceptors (Lipinski definition) is 7. The van der Waals surface area contributed by atoms with Crippen LogP contribution in [0.15, 0.2) is 60.2 Å². The van der Waals surface area contributed by atoms with E-state index in [4.69, 9.17) is 14.5 Å². The number of aliphatic hydroxyl groups is 1. The lowest BCUT2D eigenvalue weighted by molar-refractivity contribution is -0.132. The molecular weight excluding hydrogens is 555 g/mol. The number of aromatic nitrogens is 1. The zero-order chi connectivity index (χ0) is 30.0. The van der Waals surface area contributed by atoms with Gasteiger partial charge >= 0.3 is 5.91 Å². The Labute approximate surface area is 248 Å². The molecule has 1 unspecified atom stereocenters. The molecule has 0 saturated carbocycles. The highest BCUT2D eigenvalue weighted by Gasteiger charge is 2.48. The topological polar surface area (TPSA) is 89.0 Å². The van der Waals surface area contributed by atoms with Gasteiger partial charge in [0, 0.05) is 5.56 Å². The molecular formula is C33H33FN2O5S. The van der Waals surface area contributed by atoms with Gasteiger partial charge in [-0.2, -0.15) is 0 Å². The summed E-state index contributed by atoms with van der Waals surface area (Å²) in [6.07, 6.45) is 3.01. The number of rotatable bonds is 10. The maximum absolute atomic E-state index is 13.7. The van der Waals surface area contributed by atoms with Gasteiger partial charge in [-0.3, -0.25) is 14.5 Å². The second kappa shape index (κ2) is 12.3. The molecule has 1 fully saturated rings. The van der Waals surface area contributed by atoms with E-state index in [2.05, 4.69) is 6.92 Å². The van der Waals surface area contributed by atoms with E-state index in [0.717, 1.165) is 40.6 Å². The lowest BCUT2D eigenvalue weighted by Crippen LogP contribution is -2.29. The van der Waals surface area contributed by atoms with E-state index in [1.54, 1.807) is 18.2 Å². The zero-order valence-electron chi connectivity index (χ0n) is 24.1. The number of aliphatic hydroxyl groups excluding tert-OH is 1. The number of fused-ring (bicyclic) bond motifs is 1. The fourth-order valence-corrected chi connectivity index (χ4v) is 6.36. The number of nitrogens with zero attached hydrogens (tertiary/aromatic N) is 2. The molecule has 1 saturated heterocycles. The third-order valence-electron chi connectivity index (χ3n) is 7.18. The van der Waals surface area contributed by atoms with Gasteiger partial charge in [0.05, 0.1) is 35.0 Å². The second-order valence-corrected chi connectivity index (χ2v) is 11.3. The van der Waals surface area contributed by atoms with Gasteiger partial charge in [0.1, 0.15) is 11.6 Å². The summed E-state index contributed by atoms with van der Waals surface area (Å²) >= 11 is 1.30. The Kier molecular flexibility index (Phi) is 8.59. The second-order valence-electron chi connectivity index (χ2n) is 10.3. The summed E-state index contributed by atoms with van der Waals surface area (Å²) in [7, 11) is 0. The van der Waals surface area contributed by atoms with Crippen LogP contribution in [-0.2, 0) is 9.59 Å². The van der Waals surface area contributed by atoms with E-state index >= 15 is 0 Å². The molecule has 1 aliphatic heterocycles. The first-order valence-corrected chi connectivity index (χ1v) is 14.9. The fourth-order valence-electron chi connectivity index (χ4n) is 5.19. The van der Waals surface area contributed by atoms with Gasteiger partial charge in [0.25, 0.3) is 5.78 Å². The number of carbonyl (C=O) groups is 2. The van der Waals surface area contributed by atoms with Crippen LogP contribution in [-0.4, -0.2) is 35.0 Å². The minimum absolute atomic E-state index is 0.113. The number of hydrogen-bond donors (Lipinski definition) is 1. The number of thiazole rings is 1. The normalized spacial score (nSPS) is 16.4. The van der Waals surface area contributed by atoms with Crippen molar-refractivity contribution in [2.24, 2.45) is 0 Å². The summed E-state index contributed by atoms with van der Waals surface area (Å²) in [6, 6.07) is 13.4. The van der Waals surface area contributed by atoms with Gasteiger partial charge in [-0.25, -0.2) is 9.37 Å². The van der Waals surface area contributed by atoms with Crippen LogP contribution in [0.5, 0.6) is 11.5 Å². The maximum Gasteiger partial charge on any atom is 0.301 e. The van der Waals surface area contributed by atoms with Crippen LogP contribution in [0, 0.1) is 19.7 Å². The van der Waals surface area contributed by atoms with Crippen molar-refractivity contribution in [3.63, 3.8) is 0 Å². The van der Waals surface area contributed by atoms with Gasteiger partial charge in [0.2, 0.25) is 0 Å². The Morgan fingerprint density at radius 1 is 1.00 bits per heavy atom. The highest BCUT2D eigenvalue weighted by atomic mass is 32.1. The van der Waals surface area contributed by atoms with Crippen LogP contribution in [0.3, 0.4) is 0 Å². The van der Waals surface area contributed by atoms with Crippen LogP contribution in [0.2, 0.25) is 0 Å². The smallest absolute Gasteiger partial charge is 0.301 e. The predicted octanol–water partition coefficient (Wildman–Crippen LogP) is 7.65. The SMILES string of the molecule is CCCCCOc1ccc(C2C(=C(O)c3ccc(F)cc3)C(=O)C(=O)N2c2nc3c(C)cc(C)cc3s2)cc1OCC. The molecule has 1 atom stereocenters. The number of carbonyl (C=O) groups excluding carboxylic acids is 2. The summed E-state index contributed by atoms with van der Waals surface area (Å²) in [5.41, 5.74) is 3.39. The van der Waals surface area contributed by atoms with Crippen LogP contribution < -0.4 is 14.4 Å². The molecule has 218 valence electrons. The van der Waals surface area contributed by atoms with E-state index in [1.807, 2.05) is 32.9 Å². The number of ketones is 1. The summed E-state index contributed by atoms with van der Waals surface area (Å²) in [5.74, 6) is -1.53. The van der Waals surface area contributed by atoms with E-state index in [1.165, 1.54) is 40.5 Å². The maximum atomic E-state index is 13.7. The summed E-state index contributed by atoms with van der Waals surface area (Å²) in [5, 5.41) is 11.7. The number of aryl methyl sites for hydroxylation is 2. The molecule has 1 N–H and O–H groups in total. The van der Waals surface area contributed by atoms with Crippen molar-refractivity contribution in [3.05, 3.63) is 88.2 Å². The number of Topliss-reactive ketones (excluding diaryl/α,β-unsaturated/α-hetero) is 1. The van der Waals surface area contributed by atoms with E-state index in [9.17, 15) is 19.1 Å². The Morgan fingerprint density at radius 2 is 1.76 bits per heavy atom. The molecule has 3 aromatic carbocycles. The minimum atomic E-state index is -1.01. The van der Waals surface area contributed by atoms with Crippen molar-refractivity contribution in [2.45, 2.75) is 53.0 Å². The fraction of sp³-hybridized carbons (Fsp3) is 0.303. The van der Waals surface area contributed by atoms with Gasteiger partial charge < -0.3 is 14.6 Å². The molecule has 42 heavy (non-hydrogen) atoms. The first-order chi connectivity index (χ1) is 20.2. The predicted molar refractivity (Wildman–Crippen MR) is 163 cm³/mol. The van der Waals surface area contributed by atoms with Gasteiger partial charge in [0.15, 0.2) is 16.6 Å². The molecule has 7 nitrogen and oxygen atoms in total. The first kappa shape index (κ1) is 29.3. The monoisotopic (exact) mass is 588 g/mol. The first-order valence-electron chi connectivity index (χ1n) is 14.1. The molecule has 0 spiro atoms. The number of amides is 1. The van der Waals surface area contributed by atoms with Gasteiger partial charge in [-0.05, 0) is 86.3 Å². The highest BCUT2D eigenvalue weighted by molar-refractivity contribution is 7.22.